The Labute approximate surface area is 84.5 Å². The highest BCUT2D eigenvalue weighted by atomic mass is 35.5. The number of aldehydes is 1. The van der Waals surface area contributed by atoms with Gasteiger partial charge in [0, 0.05) is 5.56 Å². The van der Waals surface area contributed by atoms with Crippen molar-refractivity contribution in [3.63, 3.8) is 0 Å². The van der Waals surface area contributed by atoms with Crippen molar-refractivity contribution in [1.82, 2.24) is 0 Å². The van der Waals surface area contributed by atoms with Crippen LogP contribution in [0.25, 0.3) is 0 Å². The SMILES string of the molecule is NS(=O)(=O)c1cc(Cl)c(C=O)cc1F. The Balaban J connectivity index is 3.52. The van der Waals surface area contributed by atoms with Gasteiger partial charge in [-0.25, -0.2) is 17.9 Å². The standard InChI is InChI=1S/C7H5ClFNO3S/c8-5-2-7(14(10,12)13)6(9)1-4(5)3-11/h1-3H,(H2,10,12,13). The van der Waals surface area contributed by atoms with Crippen LogP contribution in [-0.2, 0) is 10.0 Å². The number of benzene rings is 1. The Morgan fingerprint density at radius 3 is 2.43 bits per heavy atom. The van der Waals surface area contributed by atoms with E-state index in [0.29, 0.717) is 6.29 Å². The average molecular weight is 238 g/mol. The van der Waals surface area contributed by atoms with Gasteiger partial charge in [-0.15, -0.1) is 0 Å². The van der Waals surface area contributed by atoms with Crippen LogP contribution in [0.1, 0.15) is 10.4 Å². The number of carbonyl (C=O) groups excluding carboxylic acids is 1. The number of hydrogen-bond acceptors (Lipinski definition) is 3. The van der Waals surface area contributed by atoms with Gasteiger partial charge in [-0.3, -0.25) is 4.79 Å². The minimum Gasteiger partial charge on any atom is -0.298 e. The molecule has 0 unspecified atom stereocenters. The third-order valence-electron chi connectivity index (χ3n) is 1.48. The Morgan fingerprint density at radius 2 is 2.00 bits per heavy atom. The molecular formula is C7H5ClFNO3S. The minimum absolute atomic E-state index is 0.128. The van der Waals surface area contributed by atoms with Crippen LogP contribution in [0.4, 0.5) is 4.39 Å². The molecule has 7 heteroatoms. The third kappa shape index (κ3) is 2.09. The second kappa shape index (κ2) is 3.64. The van der Waals surface area contributed by atoms with Crippen LogP contribution in [0.2, 0.25) is 5.02 Å². The van der Waals surface area contributed by atoms with Gasteiger partial charge in [0.2, 0.25) is 10.0 Å². The molecule has 76 valence electrons. The van der Waals surface area contributed by atoms with Crippen molar-refractivity contribution in [1.29, 1.82) is 0 Å². The van der Waals surface area contributed by atoms with Crippen molar-refractivity contribution in [3.05, 3.63) is 28.5 Å². The smallest absolute Gasteiger partial charge is 0.241 e. The molecule has 0 saturated carbocycles. The molecule has 14 heavy (non-hydrogen) atoms. The molecule has 0 saturated heterocycles. The first kappa shape index (κ1) is 11.1. The third-order valence-corrected chi connectivity index (χ3v) is 2.74. The van der Waals surface area contributed by atoms with Gasteiger partial charge in [0.25, 0.3) is 0 Å². The molecular weight excluding hydrogens is 233 g/mol. The molecule has 0 aliphatic carbocycles. The minimum atomic E-state index is -4.16. The molecule has 0 aliphatic rings. The Hall–Kier alpha value is -0.980. The fraction of sp³-hybridized carbons (Fsp3) is 0. The van der Waals surface area contributed by atoms with Gasteiger partial charge < -0.3 is 0 Å². The lowest BCUT2D eigenvalue weighted by molar-refractivity contribution is 0.112. The highest BCUT2D eigenvalue weighted by Crippen LogP contribution is 2.21. The highest BCUT2D eigenvalue weighted by molar-refractivity contribution is 7.89. The summed E-state index contributed by atoms with van der Waals surface area (Å²) in [6.07, 6.45) is 0.318. The van der Waals surface area contributed by atoms with E-state index in [-0.39, 0.29) is 10.6 Å². The van der Waals surface area contributed by atoms with E-state index >= 15 is 0 Å². The van der Waals surface area contributed by atoms with Crippen molar-refractivity contribution >= 4 is 27.9 Å². The van der Waals surface area contributed by atoms with Gasteiger partial charge in [0.1, 0.15) is 10.7 Å². The molecule has 1 rings (SSSR count). The summed E-state index contributed by atoms with van der Waals surface area (Å²) in [6.45, 7) is 0. The van der Waals surface area contributed by atoms with Crippen LogP contribution >= 0.6 is 11.6 Å². The lowest BCUT2D eigenvalue weighted by Gasteiger charge is -2.02. The second-order valence-corrected chi connectivity index (χ2v) is 4.40. The molecule has 0 spiro atoms. The van der Waals surface area contributed by atoms with E-state index < -0.39 is 20.7 Å². The van der Waals surface area contributed by atoms with Crippen LogP contribution in [0.5, 0.6) is 0 Å². The van der Waals surface area contributed by atoms with E-state index in [0.717, 1.165) is 12.1 Å². The molecule has 0 atom stereocenters. The summed E-state index contributed by atoms with van der Waals surface area (Å²) >= 11 is 5.49. The number of sulfonamides is 1. The second-order valence-electron chi connectivity index (χ2n) is 2.47. The van der Waals surface area contributed by atoms with Gasteiger partial charge in [0.15, 0.2) is 6.29 Å². The van der Waals surface area contributed by atoms with Crippen LogP contribution in [0.15, 0.2) is 17.0 Å². The van der Waals surface area contributed by atoms with Crippen LogP contribution in [0, 0.1) is 5.82 Å². The van der Waals surface area contributed by atoms with Crippen LogP contribution in [0.3, 0.4) is 0 Å². The van der Waals surface area contributed by atoms with Crippen molar-refractivity contribution in [2.75, 3.05) is 0 Å². The predicted molar refractivity (Wildman–Crippen MR) is 48.2 cm³/mol. The van der Waals surface area contributed by atoms with Crippen molar-refractivity contribution in [3.8, 4) is 0 Å². The molecule has 4 nitrogen and oxygen atoms in total. The van der Waals surface area contributed by atoms with Crippen molar-refractivity contribution < 1.29 is 17.6 Å². The monoisotopic (exact) mass is 237 g/mol. The molecule has 0 fully saturated rings. The summed E-state index contributed by atoms with van der Waals surface area (Å²) in [4.78, 5) is 9.58. The van der Waals surface area contributed by atoms with Gasteiger partial charge in [-0.05, 0) is 12.1 Å². The number of carbonyl (C=O) groups is 1. The van der Waals surface area contributed by atoms with Gasteiger partial charge in [-0.2, -0.15) is 0 Å². The summed E-state index contributed by atoms with van der Waals surface area (Å²) < 4.78 is 34.6. The van der Waals surface area contributed by atoms with E-state index in [4.69, 9.17) is 16.7 Å². The molecule has 2 N–H and O–H groups in total. The number of halogens is 2. The zero-order valence-electron chi connectivity index (χ0n) is 6.70. The van der Waals surface area contributed by atoms with Gasteiger partial charge in [-0.1, -0.05) is 11.6 Å². The van der Waals surface area contributed by atoms with E-state index in [1.165, 1.54) is 0 Å². The topological polar surface area (TPSA) is 77.2 Å². The first-order valence-electron chi connectivity index (χ1n) is 3.33. The normalized spacial score (nSPS) is 11.4. The summed E-state index contributed by atoms with van der Waals surface area (Å²) in [6, 6.07) is 1.52. The Morgan fingerprint density at radius 1 is 1.43 bits per heavy atom. The van der Waals surface area contributed by atoms with Gasteiger partial charge >= 0.3 is 0 Å². The predicted octanol–water partition coefficient (Wildman–Crippen LogP) is 0.939. The molecule has 0 aromatic heterocycles. The molecule has 1 aromatic carbocycles. The highest BCUT2D eigenvalue weighted by Gasteiger charge is 2.16. The first-order valence-corrected chi connectivity index (χ1v) is 5.25. The van der Waals surface area contributed by atoms with Gasteiger partial charge in [0.05, 0.1) is 5.02 Å². The van der Waals surface area contributed by atoms with Crippen molar-refractivity contribution in [2.24, 2.45) is 5.14 Å². The molecule has 0 bridgehead atoms. The molecule has 1 aromatic rings. The van der Waals surface area contributed by atoms with Crippen LogP contribution < -0.4 is 5.14 Å². The number of hydrogen-bond donors (Lipinski definition) is 1. The van der Waals surface area contributed by atoms with Crippen molar-refractivity contribution in [2.45, 2.75) is 4.90 Å². The van der Waals surface area contributed by atoms with E-state index in [1.807, 2.05) is 0 Å². The lowest BCUT2D eigenvalue weighted by atomic mass is 10.2. The van der Waals surface area contributed by atoms with E-state index in [9.17, 15) is 17.6 Å². The Bertz CT molecular complexity index is 486. The van der Waals surface area contributed by atoms with E-state index in [2.05, 4.69) is 0 Å². The maximum absolute atomic E-state index is 13.0. The first-order chi connectivity index (χ1) is 6.36. The largest absolute Gasteiger partial charge is 0.298 e. The van der Waals surface area contributed by atoms with Crippen LogP contribution in [-0.4, -0.2) is 14.7 Å². The number of rotatable bonds is 2. The summed E-state index contributed by atoms with van der Waals surface area (Å²) in [5.41, 5.74) is -0.128. The fourth-order valence-corrected chi connectivity index (χ4v) is 1.74. The molecule has 0 heterocycles. The maximum atomic E-state index is 13.0. The molecule has 0 amide bonds. The number of nitrogens with two attached hydrogens (primary N) is 1. The quantitative estimate of drug-likeness (QED) is 0.778. The zero-order valence-corrected chi connectivity index (χ0v) is 8.27. The number of primary sulfonamides is 1. The fourth-order valence-electron chi connectivity index (χ4n) is 0.852. The molecule has 0 radical (unpaired) electrons. The lowest BCUT2D eigenvalue weighted by Crippen LogP contribution is -2.14. The Kier molecular flexibility index (Phi) is 2.89. The molecule has 0 aliphatic heterocycles. The van der Waals surface area contributed by atoms with E-state index in [1.54, 1.807) is 0 Å². The summed E-state index contributed by atoms with van der Waals surface area (Å²) in [7, 11) is -4.16. The average Bonchev–Trinajstić information content (AvgIpc) is 2.06. The maximum Gasteiger partial charge on any atom is 0.241 e. The summed E-state index contributed by atoms with van der Waals surface area (Å²) in [5, 5.41) is 4.54. The zero-order chi connectivity index (χ0) is 10.9. The summed E-state index contributed by atoms with van der Waals surface area (Å²) in [5.74, 6) is -1.10.